The number of hydrogen-bond acceptors (Lipinski definition) is 4. The summed E-state index contributed by atoms with van der Waals surface area (Å²) in [4.78, 5) is 28.1. The Bertz CT molecular complexity index is 519. The Labute approximate surface area is 128 Å². The monoisotopic (exact) mass is 308 g/mol. The first-order valence-electron chi connectivity index (χ1n) is 7.29. The van der Waals surface area contributed by atoms with Gasteiger partial charge in [0.25, 0.3) is 0 Å². The predicted molar refractivity (Wildman–Crippen MR) is 80.6 cm³/mol. The van der Waals surface area contributed by atoms with Gasteiger partial charge < -0.3 is 9.80 Å². The van der Waals surface area contributed by atoms with Gasteiger partial charge in [0.2, 0.25) is 11.8 Å². The molecule has 0 spiro atoms. The van der Waals surface area contributed by atoms with Crippen molar-refractivity contribution in [2.24, 2.45) is 0 Å². The molecular weight excluding hydrogens is 288 g/mol. The molecule has 0 radical (unpaired) electrons. The minimum Gasteiger partial charge on any atom is -0.336 e. The molecular formula is C14H20N4O2S. The Kier molecular flexibility index (Phi) is 4.19. The molecule has 2 amide bonds. The van der Waals surface area contributed by atoms with Crippen molar-refractivity contribution < 1.29 is 9.59 Å². The molecule has 21 heavy (non-hydrogen) atoms. The Morgan fingerprint density at radius 2 is 2.24 bits per heavy atom. The van der Waals surface area contributed by atoms with E-state index in [-0.39, 0.29) is 23.9 Å². The minimum absolute atomic E-state index is 0.0128. The van der Waals surface area contributed by atoms with E-state index in [9.17, 15) is 9.59 Å². The summed E-state index contributed by atoms with van der Waals surface area (Å²) in [7, 11) is 0. The van der Waals surface area contributed by atoms with E-state index in [2.05, 4.69) is 5.10 Å². The Morgan fingerprint density at radius 3 is 2.95 bits per heavy atom. The molecule has 2 aliphatic rings. The fourth-order valence-corrected chi connectivity index (χ4v) is 4.30. The zero-order valence-corrected chi connectivity index (χ0v) is 13.0. The zero-order chi connectivity index (χ0) is 14.8. The van der Waals surface area contributed by atoms with Gasteiger partial charge in [0.1, 0.15) is 6.04 Å². The lowest BCUT2D eigenvalue weighted by molar-refractivity contribution is -0.143. The largest absolute Gasteiger partial charge is 0.336 e. The van der Waals surface area contributed by atoms with Gasteiger partial charge in [-0.15, -0.1) is 11.8 Å². The van der Waals surface area contributed by atoms with Crippen LogP contribution in [0, 0.1) is 0 Å². The Morgan fingerprint density at radius 1 is 1.38 bits per heavy atom. The number of rotatable bonds is 3. The molecule has 0 aromatic carbocycles. The summed E-state index contributed by atoms with van der Waals surface area (Å²) in [6, 6.07) is 1.80. The van der Waals surface area contributed by atoms with Gasteiger partial charge in [0, 0.05) is 31.6 Å². The third-order valence-corrected chi connectivity index (χ3v) is 5.20. The number of amides is 2. The number of carbonyl (C=O) groups excluding carboxylic acids is 2. The number of hydrogen-bond donors (Lipinski definition) is 0. The molecule has 0 saturated carbocycles. The predicted octanol–water partition coefficient (Wildman–Crippen LogP) is 0.795. The average molecular weight is 308 g/mol. The standard InChI is InChI=1S/C14H20N4O2S/c1-11(19)18-10-21-9-13(18)14(20)17-7-2-4-12(17)8-16-6-3-5-15-16/h3,5-6,12-13H,2,4,7-10H2,1H3/t12-,13+/m0/s1. The fraction of sp³-hybridized carbons (Fsp3) is 0.643. The van der Waals surface area contributed by atoms with Gasteiger partial charge >= 0.3 is 0 Å². The molecule has 3 rings (SSSR count). The number of aromatic nitrogens is 2. The lowest BCUT2D eigenvalue weighted by Crippen LogP contribution is -2.50. The highest BCUT2D eigenvalue weighted by atomic mass is 32.2. The van der Waals surface area contributed by atoms with Crippen molar-refractivity contribution >= 4 is 23.6 Å². The number of thioether (sulfide) groups is 1. The van der Waals surface area contributed by atoms with Crippen molar-refractivity contribution in [1.82, 2.24) is 19.6 Å². The van der Waals surface area contributed by atoms with E-state index in [1.807, 2.05) is 21.8 Å². The van der Waals surface area contributed by atoms with Crippen molar-refractivity contribution in [2.75, 3.05) is 18.2 Å². The maximum Gasteiger partial charge on any atom is 0.246 e. The van der Waals surface area contributed by atoms with Crippen LogP contribution in [-0.4, -0.2) is 61.7 Å². The summed E-state index contributed by atoms with van der Waals surface area (Å²) in [6.07, 6.45) is 5.71. The van der Waals surface area contributed by atoms with Crippen LogP contribution in [-0.2, 0) is 16.1 Å². The third-order valence-electron chi connectivity index (χ3n) is 4.19. The van der Waals surface area contributed by atoms with E-state index in [0.717, 1.165) is 25.9 Å². The molecule has 2 fully saturated rings. The van der Waals surface area contributed by atoms with Crippen molar-refractivity contribution in [3.05, 3.63) is 18.5 Å². The third kappa shape index (κ3) is 2.92. The van der Waals surface area contributed by atoms with Crippen molar-refractivity contribution in [2.45, 2.75) is 38.4 Å². The number of carbonyl (C=O) groups is 2. The molecule has 6 nitrogen and oxygen atoms in total. The van der Waals surface area contributed by atoms with Crippen molar-refractivity contribution in [3.63, 3.8) is 0 Å². The van der Waals surface area contributed by atoms with E-state index in [1.54, 1.807) is 22.9 Å². The maximum absolute atomic E-state index is 12.8. The molecule has 0 bridgehead atoms. The molecule has 114 valence electrons. The lowest BCUT2D eigenvalue weighted by Gasteiger charge is -2.30. The molecule has 2 atom stereocenters. The van der Waals surface area contributed by atoms with Crippen molar-refractivity contribution in [3.8, 4) is 0 Å². The molecule has 2 saturated heterocycles. The zero-order valence-electron chi connectivity index (χ0n) is 12.1. The van der Waals surface area contributed by atoms with Crippen LogP contribution in [0.5, 0.6) is 0 Å². The molecule has 0 N–H and O–H groups in total. The summed E-state index contributed by atoms with van der Waals surface area (Å²) < 4.78 is 1.88. The van der Waals surface area contributed by atoms with E-state index in [1.165, 1.54) is 6.92 Å². The van der Waals surface area contributed by atoms with Crippen LogP contribution in [0.2, 0.25) is 0 Å². The molecule has 7 heteroatoms. The van der Waals surface area contributed by atoms with E-state index >= 15 is 0 Å². The Balaban J connectivity index is 1.69. The van der Waals surface area contributed by atoms with Gasteiger partial charge in [-0.3, -0.25) is 14.3 Å². The van der Waals surface area contributed by atoms with Crippen LogP contribution < -0.4 is 0 Å². The first kappa shape index (κ1) is 14.4. The van der Waals surface area contributed by atoms with Crippen LogP contribution >= 0.6 is 11.8 Å². The lowest BCUT2D eigenvalue weighted by atomic mass is 10.2. The smallest absolute Gasteiger partial charge is 0.246 e. The van der Waals surface area contributed by atoms with Gasteiger partial charge in [0.15, 0.2) is 0 Å². The summed E-state index contributed by atoms with van der Waals surface area (Å²) in [6.45, 7) is 3.06. The molecule has 1 aromatic heterocycles. The second-order valence-electron chi connectivity index (χ2n) is 5.56. The van der Waals surface area contributed by atoms with Gasteiger partial charge in [-0.1, -0.05) is 0 Å². The summed E-state index contributed by atoms with van der Waals surface area (Å²) in [5.41, 5.74) is 0. The van der Waals surface area contributed by atoms with Gasteiger partial charge in [-0.25, -0.2) is 0 Å². The highest BCUT2D eigenvalue weighted by Crippen LogP contribution is 2.26. The van der Waals surface area contributed by atoms with E-state index < -0.39 is 0 Å². The van der Waals surface area contributed by atoms with Crippen LogP contribution in [0.25, 0.3) is 0 Å². The topological polar surface area (TPSA) is 58.4 Å². The first-order chi connectivity index (χ1) is 10.2. The molecule has 1 aromatic rings. The second kappa shape index (κ2) is 6.09. The normalized spacial score (nSPS) is 25.6. The first-order valence-corrected chi connectivity index (χ1v) is 8.45. The fourth-order valence-electron chi connectivity index (χ4n) is 3.09. The minimum atomic E-state index is -0.286. The van der Waals surface area contributed by atoms with Gasteiger partial charge in [-0.2, -0.15) is 5.10 Å². The Hall–Kier alpha value is -1.50. The summed E-state index contributed by atoms with van der Waals surface area (Å²) in [5, 5.41) is 4.22. The average Bonchev–Trinajstić information content (AvgIpc) is 3.20. The summed E-state index contributed by atoms with van der Waals surface area (Å²) >= 11 is 1.65. The van der Waals surface area contributed by atoms with Crippen LogP contribution in [0.4, 0.5) is 0 Å². The van der Waals surface area contributed by atoms with Crippen LogP contribution in [0.3, 0.4) is 0 Å². The highest BCUT2D eigenvalue weighted by Gasteiger charge is 2.39. The molecule has 2 aliphatic heterocycles. The van der Waals surface area contributed by atoms with Gasteiger partial charge in [-0.05, 0) is 18.9 Å². The summed E-state index contributed by atoms with van der Waals surface area (Å²) in [5.74, 6) is 1.43. The van der Waals surface area contributed by atoms with Crippen LogP contribution in [0.15, 0.2) is 18.5 Å². The molecule has 0 unspecified atom stereocenters. The quantitative estimate of drug-likeness (QED) is 0.828. The highest BCUT2D eigenvalue weighted by molar-refractivity contribution is 7.99. The van der Waals surface area contributed by atoms with Crippen LogP contribution in [0.1, 0.15) is 19.8 Å². The number of nitrogens with zero attached hydrogens (tertiary/aromatic N) is 4. The van der Waals surface area contributed by atoms with E-state index in [0.29, 0.717) is 11.6 Å². The van der Waals surface area contributed by atoms with Gasteiger partial charge in [0.05, 0.1) is 18.5 Å². The van der Waals surface area contributed by atoms with E-state index in [4.69, 9.17) is 0 Å². The number of likely N-dealkylation sites (tertiary alicyclic amines) is 1. The maximum atomic E-state index is 12.8. The molecule has 3 heterocycles. The second-order valence-corrected chi connectivity index (χ2v) is 6.56. The molecule has 0 aliphatic carbocycles. The SMILES string of the molecule is CC(=O)N1CSC[C@@H]1C(=O)N1CCC[C@H]1Cn1cccn1. The van der Waals surface area contributed by atoms with Crippen molar-refractivity contribution in [1.29, 1.82) is 0 Å².